The Bertz CT molecular complexity index is 145. The van der Waals surface area contributed by atoms with E-state index in [1.165, 1.54) is 19.3 Å². The normalized spacial score (nSPS) is 15.0. The SMILES string of the molecule is CCC[C@@H](SCCO)[C@H](CC)CSCCO. The molecule has 0 unspecified atom stereocenters. The van der Waals surface area contributed by atoms with Crippen LogP contribution in [0.25, 0.3) is 0 Å². The van der Waals surface area contributed by atoms with Gasteiger partial charge in [-0.15, -0.1) is 0 Å². The second kappa shape index (κ2) is 12.1. The summed E-state index contributed by atoms with van der Waals surface area (Å²) in [5.41, 5.74) is 0. The zero-order valence-electron chi connectivity index (χ0n) is 10.5. The van der Waals surface area contributed by atoms with E-state index in [4.69, 9.17) is 10.2 Å². The van der Waals surface area contributed by atoms with Gasteiger partial charge in [-0.2, -0.15) is 23.5 Å². The van der Waals surface area contributed by atoms with Crippen LogP contribution in [0.5, 0.6) is 0 Å². The standard InChI is InChI=1S/C12H26O2S2/c1-3-5-12(16-9-7-14)11(4-2)10-15-8-6-13/h11-14H,3-10H2,1-2H3/t11-,12-/m1/s1. The molecule has 0 aliphatic rings. The van der Waals surface area contributed by atoms with Crippen molar-refractivity contribution in [2.45, 2.75) is 38.4 Å². The van der Waals surface area contributed by atoms with Gasteiger partial charge in [-0.3, -0.25) is 0 Å². The number of hydrogen-bond acceptors (Lipinski definition) is 4. The van der Waals surface area contributed by atoms with Crippen molar-refractivity contribution >= 4 is 23.5 Å². The average molecular weight is 266 g/mol. The number of aliphatic hydroxyl groups excluding tert-OH is 2. The van der Waals surface area contributed by atoms with Gasteiger partial charge in [0.2, 0.25) is 0 Å². The van der Waals surface area contributed by atoms with Gasteiger partial charge >= 0.3 is 0 Å². The van der Waals surface area contributed by atoms with E-state index in [-0.39, 0.29) is 13.2 Å². The van der Waals surface area contributed by atoms with Crippen molar-refractivity contribution in [3.63, 3.8) is 0 Å². The molecule has 0 spiro atoms. The maximum Gasteiger partial charge on any atom is 0.0521 e. The van der Waals surface area contributed by atoms with Crippen LogP contribution in [0.4, 0.5) is 0 Å². The Kier molecular flexibility index (Phi) is 12.6. The summed E-state index contributed by atoms with van der Waals surface area (Å²) in [7, 11) is 0. The highest BCUT2D eigenvalue weighted by Gasteiger charge is 2.19. The van der Waals surface area contributed by atoms with E-state index in [1.807, 2.05) is 23.5 Å². The summed E-state index contributed by atoms with van der Waals surface area (Å²) < 4.78 is 0. The summed E-state index contributed by atoms with van der Waals surface area (Å²) in [5.74, 6) is 3.56. The first-order chi connectivity index (χ1) is 7.79. The first kappa shape index (κ1) is 16.6. The molecule has 0 aromatic carbocycles. The van der Waals surface area contributed by atoms with Gasteiger partial charge in [0.25, 0.3) is 0 Å². The molecule has 0 fully saturated rings. The summed E-state index contributed by atoms with van der Waals surface area (Å²) in [4.78, 5) is 0. The average Bonchev–Trinajstić information content (AvgIpc) is 2.31. The van der Waals surface area contributed by atoms with Crippen LogP contribution >= 0.6 is 23.5 Å². The minimum atomic E-state index is 0.281. The summed E-state index contributed by atoms with van der Waals surface area (Å²) in [6.45, 7) is 5.03. The van der Waals surface area contributed by atoms with Gasteiger partial charge in [0.1, 0.15) is 0 Å². The summed E-state index contributed by atoms with van der Waals surface area (Å²) in [6.07, 6.45) is 3.65. The molecule has 0 aliphatic heterocycles. The Morgan fingerprint density at radius 1 is 1.06 bits per heavy atom. The van der Waals surface area contributed by atoms with E-state index in [0.29, 0.717) is 11.2 Å². The lowest BCUT2D eigenvalue weighted by atomic mass is 10.0. The van der Waals surface area contributed by atoms with Gasteiger partial charge in [0.15, 0.2) is 0 Å². The lowest BCUT2D eigenvalue weighted by Gasteiger charge is -2.25. The number of aliphatic hydroxyl groups is 2. The molecule has 0 aromatic heterocycles. The van der Waals surface area contributed by atoms with E-state index in [1.54, 1.807) is 0 Å². The van der Waals surface area contributed by atoms with Gasteiger partial charge in [0.05, 0.1) is 13.2 Å². The predicted molar refractivity (Wildman–Crippen MR) is 76.4 cm³/mol. The molecular weight excluding hydrogens is 240 g/mol. The molecule has 0 aromatic rings. The Morgan fingerprint density at radius 3 is 2.25 bits per heavy atom. The second-order valence-corrected chi connectivity index (χ2v) is 6.39. The monoisotopic (exact) mass is 266 g/mol. The van der Waals surface area contributed by atoms with Crippen molar-refractivity contribution in [2.75, 3.05) is 30.5 Å². The number of rotatable bonds is 11. The molecule has 4 heteroatoms. The molecule has 98 valence electrons. The fourth-order valence-electron chi connectivity index (χ4n) is 1.73. The predicted octanol–water partition coefficient (Wildman–Crippen LogP) is 2.63. The van der Waals surface area contributed by atoms with Crippen LogP contribution in [-0.4, -0.2) is 45.9 Å². The van der Waals surface area contributed by atoms with Crippen molar-refractivity contribution in [3.05, 3.63) is 0 Å². The molecule has 16 heavy (non-hydrogen) atoms. The fourth-order valence-corrected chi connectivity index (χ4v) is 4.29. The van der Waals surface area contributed by atoms with Crippen molar-refractivity contribution in [1.82, 2.24) is 0 Å². The first-order valence-corrected chi connectivity index (χ1v) is 8.41. The molecule has 0 saturated heterocycles. The minimum Gasteiger partial charge on any atom is -0.396 e. The minimum absolute atomic E-state index is 0.281. The smallest absolute Gasteiger partial charge is 0.0521 e. The van der Waals surface area contributed by atoms with E-state index in [9.17, 15) is 0 Å². The highest BCUT2D eigenvalue weighted by molar-refractivity contribution is 8.00. The summed E-state index contributed by atoms with van der Waals surface area (Å²) >= 11 is 3.76. The summed E-state index contributed by atoms with van der Waals surface area (Å²) in [5, 5.41) is 18.3. The zero-order valence-corrected chi connectivity index (χ0v) is 12.2. The Hall–Kier alpha value is 0.620. The fraction of sp³-hybridized carbons (Fsp3) is 1.00. The van der Waals surface area contributed by atoms with Crippen LogP contribution in [0, 0.1) is 5.92 Å². The van der Waals surface area contributed by atoms with Crippen molar-refractivity contribution in [2.24, 2.45) is 5.92 Å². The number of thioether (sulfide) groups is 2. The highest BCUT2D eigenvalue weighted by atomic mass is 32.2. The highest BCUT2D eigenvalue weighted by Crippen LogP contribution is 2.29. The molecule has 0 aliphatic carbocycles. The Labute approximate surface area is 109 Å². The third kappa shape index (κ3) is 7.82. The quantitative estimate of drug-likeness (QED) is 0.564. The van der Waals surface area contributed by atoms with Crippen molar-refractivity contribution < 1.29 is 10.2 Å². The van der Waals surface area contributed by atoms with Crippen molar-refractivity contribution in [3.8, 4) is 0 Å². The van der Waals surface area contributed by atoms with Gasteiger partial charge in [-0.1, -0.05) is 26.7 Å². The molecule has 2 N–H and O–H groups in total. The van der Waals surface area contributed by atoms with Crippen molar-refractivity contribution in [1.29, 1.82) is 0 Å². The number of hydrogen-bond donors (Lipinski definition) is 2. The first-order valence-electron chi connectivity index (χ1n) is 6.21. The molecule has 2 atom stereocenters. The van der Waals surface area contributed by atoms with Crippen LogP contribution in [0.15, 0.2) is 0 Å². The molecule has 0 heterocycles. The van der Waals surface area contributed by atoms with Gasteiger partial charge in [-0.05, 0) is 18.1 Å². The molecule has 0 bridgehead atoms. The van der Waals surface area contributed by atoms with E-state index in [2.05, 4.69) is 13.8 Å². The second-order valence-electron chi connectivity index (χ2n) is 3.89. The van der Waals surface area contributed by atoms with E-state index in [0.717, 1.165) is 17.3 Å². The third-order valence-electron chi connectivity index (χ3n) is 2.61. The van der Waals surface area contributed by atoms with Gasteiger partial charge in [-0.25, -0.2) is 0 Å². The molecule has 0 saturated carbocycles. The van der Waals surface area contributed by atoms with Gasteiger partial charge in [0, 0.05) is 16.8 Å². The van der Waals surface area contributed by atoms with E-state index < -0.39 is 0 Å². The molecule has 2 nitrogen and oxygen atoms in total. The van der Waals surface area contributed by atoms with Crippen LogP contribution in [0.2, 0.25) is 0 Å². The van der Waals surface area contributed by atoms with Crippen LogP contribution < -0.4 is 0 Å². The molecular formula is C12H26O2S2. The molecule has 0 rings (SSSR count). The lowest BCUT2D eigenvalue weighted by molar-refractivity contribution is 0.322. The van der Waals surface area contributed by atoms with Crippen LogP contribution in [0.3, 0.4) is 0 Å². The maximum atomic E-state index is 8.89. The zero-order chi connectivity index (χ0) is 12.2. The van der Waals surface area contributed by atoms with Crippen LogP contribution in [0.1, 0.15) is 33.1 Å². The third-order valence-corrected chi connectivity index (χ3v) is 5.22. The Morgan fingerprint density at radius 2 is 1.75 bits per heavy atom. The topological polar surface area (TPSA) is 40.5 Å². The molecule has 0 radical (unpaired) electrons. The lowest BCUT2D eigenvalue weighted by Crippen LogP contribution is -2.20. The molecule has 0 amide bonds. The Balaban J connectivity index is 3.99. The van der Waals surface area contributed by atoms with Gasteiger partial charge < -0.3 is 10.2 Å². The maximum absolute atomic E-state index is 8.89. The van der Waals surface area contributed by atoms with E-state index >= 15 is 0 Å². The van der Waals surface area contributed by atoms with Crippen LogP contribution in [-0.2, 0) is 0 Å². The summed E-state index contributed by atoms with van der Waals surface area (Å²) in [6, 6.07) is 0. The largest absolute Gasteiger partial charge is 0.396 e.